The maximum absolute atomic E-state index is 6.09. The number of nitrogens with two attached hydrogens (primary N) is 1. The van der Waals surface area contributed by atoms with Gasteiger partial charge in [0.15, 0.2) is 0 Å². The minimum atomic E-state index is 0.125. The number of anilines is 2. The summed E-state index contributed by atoms with van der Waals surface area (Å²) in [4.78, 5) is 1.28. The summed E-state index contributed by atoms with van der Waals surface area (Å²) >= 11 is 1.73. The van der Waals surface area contributed by atoms with E-state index in [0.29, 0.717) is 5.69 Å². The van der Waals surface area contributed by atoms with Crippen LogP contribution in [0.4, 0.5) is 11.4 Å². The molecule has 2 rings (SSSR count). The third-order valence-electron chi connectivity index (χ3n) is 2.46. The third-order valence-corrected chi connectivity index (χ3v) is 3.34. The molecule has 0 amide bonds. The van der Waals surface area contributed by atoms with Crippen molar-refractivity contribution >= 4 is 22.7 Å². The molecule has 0 aliphatic carbocycles. The molecule has 1 heterocycles. The molecule has 0 aliphatic rings. The van der Waals surface area contributed by atoms with E-state index < -0.39 is 0 Å². The third kappa shape index (κ3) is 3.17. The number of hydrogen-bond acceptors (Lipinski definition) is 4. The van der Waals surface area contributed by atoms with Crippen molar-refractivity contribution in [1.82, 2.24) is 0 Å². The molecule has 18 heavy (non-hydrogen) atoms. The first-order chi connectivity index (χ1) is 8.66. The number of nitrogen functional groups attached to an aromatic ring is 1. The molecule has 96 valence electrons. The molecule has 1 aromatic heterocycles. The van der Waals surface area contributed by atoms with E-state index in [0.717, 1.165) is 18.0 Å². The second-order valence-corrected chi connectivity index (χ2v) is 5.35. The van der Waals surface area contributed by atoms with E-state index >= 15 is 0 Å². The van der Waals surface area contributed by atoms with Crippen LogP contribution < -0.4 is 15.8 Å². The van der Waals surface area contributed by atoms with Crippen LogP contribution in [0.5, 0.6) is 5.75 Å². The van der Waals surface area contributed by atoms with Crippen LogP contribution in [0.3, 0.4) is 0 Å². The summed E-state index contributed by atoms with van der Waals surface area (Å²) in [6.07, 6.45) is 0.125. The van der Waals surface area contributed by atoms with Crippen molar-refractivity contribution in [3.05, 3.63) is 40.6 Å². The molecule has 2 aromatic rings. The van der Waals surface area contributed by atoms with E-state index in [1.165, 1.54) is 4.88 Å². The molecule has 4 heteroatoms. The van der Waals surface area contributed by atoms with Crippen molar-refractivity contribution in [1.29, 1.82) is 0 Å². The quantitative estimate of drug-likeness (QED) is 0.807. The average molecular weight is 262 g/mol. The molecule has 3 N–H and O–H groups in total. The van der Waals surface area contributed by atoms with Crippen LogP contribution in [0.2, 0.25) is 0 Å². The Balaban J connectivity index is 2.08. The Morgan fingerprint density at radius 2 is 2.11 bits per heavy atom. The Morgan fingerprint density at radius 1 is 1.28 bits per heavy atom. The first-order valence-electron chi connectivity index (χ1n) is 5.98. The summed E-state index contributed by atoms with van der Waals surface area (Å²) < 4.78 is 5.66. The summed E-state index contributed by atoms with van der Waals surface area (Å²) in [7, 11) is 0. The molecule has 3 nitrogen and oxygen atoms in total. The van der Waals surface area contributed by atoms with Crippen LogP contribution in [0.25, 0.3) is 0 Å². The van der Waals surface area contributed by atoms with Crippen molar-refractivity contribution in [3.63, 3.8) is 0 Å². The van der Waals surface area contributed by atoms with Crippen molar-refractivity contribution in [2.45, 2.75) is 26.5 Å². The van der Waals surface area contributed by atoms with Gasteiger partial charge in [-0.2, -0.15) is 0 Å². The highest BCUT2D eigenvalue weighted by atomic mass is 32.1. The van der Waals surface area contributed by atoms with E-state index in [-0.39, 0.29) is 6.10 Å². The molecule has 0 bridgehead atoms. The van der Waals surface area contributed by atoms with Gasteiger partial charge in [-0.05, 0) is 37.4 Å². The Morgan fingerprint density at radius 3 is 2.78 bits per heavy atom. The second-order valence-electron chi connectivity index (χ2n) is 4.32. The summed E-state index contributed by atoms with van der Waals surface area (Å²) in [6, 6.07) is 9.96. The van der Waals surface area contributed by atoms with Crippen LogP contribution in [0, 0.1) is 0 Å². The fraction of sp³-hybridized carbons (Fsp3) is 0.286. The lowest BCUT2D eigenvalue weighted by Gasteiger charge is -2.15. The number of thiophene rings is 1. The molecule has 0 fully saturated rings. The number of para-hydroxylation sites is 1. The molecule has 0 saturated heterocycles. The van der Waals surface area contributed by atoms with E-state index in [1.807, 2.05) is 38.1 Å². The van der Waals surface area contributed by atoms with Gasteiger partial charge in [-0.3, -0.25) is 0 Å². The minimum absolute atomic E-state index is 0.125. The van der Waals surface area contributed by atoms with Gasteiger partial charge in [0.25, 0.3) is 0 Å². The van der Waals surface area contributed by atoms with Crippen molar-refractivity contribution < 1.29 is 4.74 Å². The van der Waals surface area contributed by atoms with Crippen molar-refractivity contribution in [2.75, 3.05) is 11.1 Å². The predicted molar refractivity (Wildman–Crippen MR) is 78.3 cm³/mol. The minimum Gasteiger partial charge on any atom is -0.489 e. The Hall–Kier alpha value is -1.68. The fourth-order valence-electron chi connectivity index (χ4n) is 1.65. The van der Waals surface area contributed by atoms with Gasteiger partial charge in [0.2, 0.25) is 0 Å². The van der Waals surface area contributed by atoms with Gasteiger partial charge in [-0.1, -0.05) is 12.1 Å². The fourth-order valence-corrected chi connectivity index (χ4v) is 2.29. The summed E-state index contributed by atoms with van der Waals surface area (Å²) in [5.41, 5.74) is 7.67. The molecule has 0 saturated carbocycles. The summed E-state index contributed by atoms with van der Waals surface area (Å²) in [6.45, 7) is 4.77. The molecule has 1 aromatic carbocycles. The highest BCUT2D eigenvalue weighted by Crippen LogP contribution is 2.30. The van der Waals surface area contributed by atoms with E-state index in [9.17, 15) is 0 Å². The first kappa shape index (κ1) is 12.8. The molecule has 0 spiro atoms. The molecule has 0 unspecified atom stereocenters. The van der Waals surface area contributed by atoms with Crippen LogP contribution in [0.15, 0.2) is 35.7 Å². The lowest BCUT2D eigenvalue weighted by molar-refractivity contribution is 0.244. The van der Waals surface area contributed by atoms with Crippen LogP contribution in [0.1, 0.15) is 18.7 Å². The normalized spacial score (nSPS) is 10.6. The average Bonchev–Trinajstić information content (AvgIpc) is 2.83. The van der Waals surface area contributed by atoms with Crippen molar-refractivity contribution in [3.8, 4) is 5.75 Å². The monoisotopic (exact) mass is 262 g/mol. The van der Waals surface area contributed by atoms with Gasteiger partial charge in [0.1, 0.15) is 5.75 Å². The van der Waals surface area contributed by atoms with Gasteiger partial charge < -0.3 is 15.8 Å². The highest BCUT2D eigenvalue weighted by Gasteiger charge is 2.07. The number of rotatable bonds is 5. The van der Waals surface area contributed by atoms with E-state index in [4.69, 9.17) is 10.5 Å². The lowest BCUT2D eigenvalue weighted by atomic mass is 10.2. The van der Waals surface area contributed by atoms with Gasteiger partial charge in [-0.15, -0.1) is 11.3 Å². The van der Waals surface area contributed by atoms with Crippen LogP contribution in [-0.2, 0) is 6.54 Å². The zero-order valence-corrected chi connectivity index (χ0v) is 11.5. The van der Waals surface area contributed by atoms with Crippen LogP contribution in [-0.4, -0.2) is 6.10 Å². The maximum atomic E-state index is 6.09. The van der Waals surface area contributed by atoms with E-state index in [2.05, 4.69) is 16.8 Å². The molecule has 0 radical (unpaired) electrons. The Bertz CT molecular complexity index is 495. The van der Waals surface area contributed by atoms with Gasteiger partial charge in [-0.25, -0.2) is 0 Å². The molecule has 0 aliphatic heterocycles. The predicted octanol–water partition coefficient (Wildman–Crippen LogP) is 3.73. The summed E-state index contributed by atoms with van der Waals surface area (Å²) in [5.74, 6) is 0.737. The number of hydrogen-bond donors (Lipinski definition) is 2. The largest absolute Gasteiger partial charge is 0.489 e. The number of ether oxygens (including phenoxy) is 1. The molecular weight excluding hydrogens is 244 g/mol. The SMILES string of the molecule is CC(C)Oc1cccc(NCc2cccs2)c1N. The smallest absolute Gasteiger partial charge is 0.144 e. The standard InChI is InChI=1S/C14H18N2OS/c1-10(2)17-13-7-3-6-12(14(13)15)16-9-11-5-4-8-18-11/h3-8,10,16H,9,15H2,1-2H3. The molecular formula is C14H18N2OS. The summed E-state index contributed by atoms with van der Waals surface area (Å²) in [5, 5.41) is 5.40. The number of benzene rings is 1. The zero-order chi connectivity index (χ0) is 13.0. The van der Waals surface area contributed by atoms with Crippen molar-refractivity contribution in [2.24, 2.45) is 0 Å². The Labute approximate surface area is 112 Å². The van der Waals surface area contributed by atoms with Gasteiger partial charge in [0.05, 0.1) is 17.5 Å². The number of nitrogens with one attached hydrogen (secondary N) is 1. The van der Waals surface area contributed by atoms with E-state index in [1.54, 1.807) is 11.3 Å². The van der Waals surface area contributed by atoms with Gasteiger partial charge in [0, 0.05) is 11.4 Å². The highest BCUT2D eigenvalue weighted by molar-refractivity contribution is 7.09. The topological polar surface area (TPSA) is 47.3 Å². The van der Waals surface area contributed by atoms with Crippen LogP contribution >= 0.6 is 11.3 Å². The lowest BCUT2D eigenvalue weighted by Crippen LogP contribution is -2.09. The maximum Gasteiger partial charge on any atom is 0.144 e. The molecule has 0 atom stereocenters. The first-order valence-corrected chi connectivity index (χ1v) is 6.86. The van der Waals surface area contributed by atoms with Gasteiger partial charge >= 0.3 is 0 Å². The second kappa shape index (κ2) is 5.78. The zero-order valence-electron chi connectivity index (χ0n) is 10.6. The Kier molecular flexibility index (Phi) is 4.10.